The smallest absolute Gasteiger partial charge is 0.246 e. The topological polar surface area (TPSA) is 49.4 Å². The maximum atomic E-state index is 12.4. The van der Waals surface area contributed by atoms with Crippen LogP contribution in [-0.2, 0) is 9.59 Å². The van der Waals surface area contributed by atoms with Crippen LogP contribution in [0, 0.1) is 5.92 Å². The Bertz CT molecular complexity index is 343. The zero-order chi connectivity index (χ0) is 13.3. The Morgan fingerprint density at radius 1 is 1.22 bits per heavy atom. The quantitative estimate of drug-likeness (QED) is 0.809. The van der Waals surface area contributed by atoms with Crippen molar-refractivity contribution >= 4 is 11.8 Å². The van der Waals surface area contributed by atoms with Crippen LogP contribution >= 0.6 is 0 Å². The third kappa shape index (κ3) is 2.38. The lowest BCUT2D eigenvalue weighted by Crippen LogP contribution is -2.63. The lowest BCUT2D eigenvalue weighted by Gasteiger charge is -2.38. The Kier molecular flexibility index (Phi) is 3.93. The molecule has 0 aromatic heterocycles. The van der Waals surface area contributed by atoms with Crippen LogP contribution in [0.4, 0.5) is 0 Å². The highest BCUT2D eigenvalue weighted by Gasteiger charge is 2.49. The first-order valence-corrected chi connectivity index (χ1v) is 7.22. The molecule has 2 amide bonds. The number of piperazine rings is 1. The highest BCUT2D eigenvalue weighted by Crippen LogP contribution is 2.41. The number of rotatable bonds is 5. The van der Waals surface area contributed by atoms with E-state index in [2.05, 4.69) is 12.2 Å². The maximum absolute atomic E-state index is 12.4. The zero-order valence-electron chi connectivity index (χ0n) is 11.6. The second-order valence-electron chi connectivity index (χ2n) is 5.62. The Labute approximate surface area is 109 Å². The molecule has 0 aromatic carbocycles. The van der Waals surface area contributed by atoms with Gasteiger partial charge in [0, 0.05) is 6.04 Å². The van der Waals surface area contributed by atoms with E-state index in [4.69, 9.17) is 0 Å². The standard InChI is InChI=1S/C14H24N2O2/c1-4-6-10-8-12(10)16-9(3)13(17)15-11(7-5-2)14(16)18/h9-12H,4-8H2,1-3H3,(H,15,17). The van der Waals surface area contributed by atoms with Crippen LogP contribution in [0.3, 0.4) is 0 Å². The van der Waals surface area contributed by atoms with Crippen LogP contribution in [-0.4, -0.2) is 34.8 Å². The van der Waals surface area contributed by atoms with Crippen molar-refractivity contribution in [3.05, 3.63) is 0 Å². The van der Waals surface area contributed by atoms with Gasteiger partial charge >= 0.3 is 0 Å². The fraction of sp³-hybridized carbons (Fsp3) is 0.857. The number of carbonyl (C=O) groups is 2. The van der Waals surface area contributed by atoms with Gasteiger partial charge in [-0.15, -0.1) is 0 Å². The highest BCUT2D eigenvalue weighted by molar-refractivity contribution is 5.97. The van der Waals surface area contributed by atoms with Crippen molar-refractivity contribution in [2.75, 3.05) is 0 Å². The van der Waals surface area contributed by atoms with Gasteiger partial charge in [-0.1, -0.05) is 26.7 Å². The molecule has 1 heterocycles. The Morgan fingerprint density at radius 3 is 2.50 bits per heavy atom. The van der Waals surface area contributed by atoms with E-state index in [1.165, 1.54) is 6.42 Å². The van der Waals surface area contributed by atoms with Crippen LogP contribution < -0.4 is 5.32 Å². The first-order valence-electron chi connectivity index (χ1n) is 7.22. The van der Waals surface area contributed by atoms with Crippen molar-refractivity contribution in [1.82, 2.24) is 10.2 Å². The van der Waals surface area contributed by atoms with Crippen molar-refractivity contribution in [2.24, 2.45) is 5.92 Å². The normalized spacial score (nSPS) is 35.6. The summed E-state index contributed by atoms with van der Waals surface area (Å²) in [5.41, 5.74) is 0. The number of nitrogens with one attached hydrogen (secondary N) is 1. The van der Waals surface area contributed by atoms with Crippen LogP contribution in [0.1, 0.15) is 52.9 Å². The number of carbonyl (C=O) groups excluding carboxylic acids is 2. The second kappa shape index (κ2) is 5.29. The first-order chi connectivity index (χ1) is 8.60. The molecule has 1 saturated heterocycles. The molecule has 4 atom stereocenters. The fourth-order valence-corrected chi connectivity index (χ4v) is 3.04. The minimum atomic E-state index is -0.294. The molecule has 4 unspecified atom stereocenters. The summed E-state index contributed by atoms with van der Waals surface area (Å²) in [6.07, 6.45) is 5.07. The molecule has 2 rings (SSSR count). The molecule has 0 radical (unpaired) electrons. The summed E-state index contributed by atoms with van der Waals surface area (Å²) in [5.74, 6) is 0.761. The van der Waals surface area contributed by atoms with E-state index in [9.17, 15) is 9.59 Å². The molecule has 0 bridgehead atoms. The predicted molar refractivity (Wildman–Crippen MR) is 69.9 cm³/mol. The maximum Gasteiger partial charge on any atom is 0.246 e. The lowest BCUT2D eigenvalue weighted by molar-refractivity contribution is -0.149. The van der Waals surface area contributed by atoms with E-state index < -0.39 is 0 Å². The predicted octanol–water partition coefficient (Wildman–Crippen LogP) is 1.69. The van der Waals surface area contributed by atoms with Crippen LogP contribution in [0.15, 0.2) is 0 Å². The zero-order valence-corrected chi connectivity index (χ0v) is 11.6. The molecule has 1 aliphatic carbocycles. The van der Waals surface area contributed by atoms with Crippen molar-refractivity contribution in [3.8, 4) is 0 Å². The summed E-state index contributed by atoms with van der Waals surface area (Å²) >= 11 is 0. The summed E-state index contributed by atoms with van der Waals surface area (Å²) in [4.78, 5) is 26.2. The van der Waals surface area contributed by atoms with Crippen molar-refractivity contribution in [1.29, 1.82) is 0 Å². The highest BCUT2D eigenvalue weighted by atomic mass is 16.2. The van der Waals surface area contributed by atoms with Crippen molar-refractivity contribution < 1.29 is 9.59 Å². The van der Waals surface area contributed by atoms with Crippen LogP contribution in [0.25, 0.3) is 0 Å². The van der Waals surface area contributed by atoms with E-state index >= 15 is 0 Å². The largest absolute Gasteiger partial charge is 0.343 e. The average Bonchev–Trinajstić information content (AvgIpc) is 3.06. The summed E-state index contributed by atoms with van der Waals surface area (Å²) in [6, 6.07) is -0.267. The Balaban J connectivity index is 2.06. The van der Waals surface area contributed by atoms with Gasteiger partial charge in [0.05, 0.1) is 0 Å². The third-order valence-electron chi connectivity index (χ3n) is 4.15. The molecule has 2 fully saturated rings. The lowest BCUT2D eigenvalue weighted by atomic mass is 10.0. The van der Waals surface area contributed by atoms with Gasteiger partial charge in [-0.3, -0.25) is 9.59 Å². The molecular formula is C14H24N2O2. The van der Waals surface area contributed by atoms with Crippen molar-refractivity contribution in [2.45, 2.75) is 71.0 Å². The molecule has 1 N–H and O–H groups in total. The summed E-state index contributed by atoms with van der Waals surface area (Å²) in [6.45, 7) is 6.05. The van der Waals surface area contributed by atoms with Gasteiger partial charge in [0.1, 0.15) is 12.1 Å². The second-order valence-corrected chi connectivity index (χ2v) is 5.62. The van der Waals surface area contributed by atoms with E-state index in [0.717, 1.165) is 25.7 Å². The van der Waals surface area contributed by atoms with Gasteiger partial charge in [0.15, 0.2) is 0 Å². The van der Waals surface area contributed by atoms with E-state index in [1.54, 1.807) is 0 Å². The third-order valence-corrected chi connectivity index (χ3v) is 4.15. The monoisotopic (exact) mass is 252 g/mol. The van der Waals surface area contributed by atoms with Gasteiger partial charge in [-0.2, -0.15) is 0 Å². The van der Waals surface area contributed by atoms with E-state index in [-0.39, 0.29) is 23.9 Å². The van der Waals surface area contributed by atoms with Crippen LogP contribution in [0.2, 0.25) is 0 Å². The molecule has 1 aliphatic heterocycles. The average molecular weight is 252 g/mol. The van der Waals surface area contributed by atoms with Gasteiger partial charge in [-0.05, 0) is 32.1 Å². The number of nitrogens with zero attached hydrogens (tertiary/aromatic N) is 1. The SMILES string of the molecule is CCCC1NC(=O)C(C)N(C2CC2CCC)C1=O. The molecule has 0 spiro atoms. The number of hydrogen-bond acceptors (Lipinski definition) is 2. The van der Waals surface area contributed by atoms with Crippen LogP contribution in [0.5, 0.6) is 0 Å². The Morgan fingerprint density at radius 2 is 1.89 bits per heavy atom. The van der Waals surface area contributed by atoms with E-state index in [0.29, 0.717) is 12.0 Å². The number of hydrogen-bond donors (Lipinski definition) is 1. The van der Waals surface area contributed by atoms with Gasteiger partial charge < -0.3 is 10.2 Å². The molecule has 1 saturated carbocycles. The summed E-state index contributed by atoms with van der Waals surface area (Å²) in [7, 11) is 0. The fourth-order valence-electron chi connectivity index (χ4n) is 3.04. The van der Waals surface area contributed by atoms with E-state index in [1.807, 2.05) is 18.7 Å². The molecule has 102 valence electrons. The summed E-state index contributed by atoms with van der Waals surface area (Å²) < 4.78 is 0. The van der Waals surface area contributed by atoms with Gasteiger partial charge in [0.2, 0.25) is 11.8 Å². The molecule has 0 aromatic rings. The first kappa shape index (κ1) is 13.4. The molecular weight excluding hydrogens is 228 g/mol. The molecule has 4 nitrogen and oxygen atoms in total. The van der Waals surface area contributed by atoms with Crippen molar-refractivity contribution in [3.63, 3.8) is 0 Å². The van der Waals surface area contributed by atoms with Gasteiger partial charge in [0.25, 0.3) is 0 Å². The number of amides is 2. The molecule has 4 heteroatoms. The minimum Gasteiger partial charge on any atom is -0.343 e. The molecule has 18 heavy (non-hydrogen) atoms. The summed E-state index contributed by atoms with van der Waals surface area (Å²) in [5, 5.41) is 2.85. The Hall–Kier alpha value is -1.06. The van der Waals surface area contributed by atoms with Gasteiger partial charge in [-0.25, -0.2) is 0 Å². The minimum absolute atomic E-state index is 0.00944. The molecule has 2 aliphatic rings.